The van der Waals surface area contributed by atoms with Crippen molar-refractivity contribution in [2.24, 2.45) is 5.73 Å². The molecular formula is C15H26N2. The van der Waals surface area contributed by atoms with E-state index in [1.807, 2.05) is 0 Å². The van der Waals surface area contributed by atoms with E-state index < -0.39 is 0 Å². The van der Waals surface area contributed by atoms with Crippen molar-refractivity contribution in [2.75, 3.05) is 6.54 Å². The molecule has 0 amide bonds. The first-order valence-electron chi connectivity index (χ1n) is 7.02. The summed E-state index contributed by atoms with van der Waals surface area (Å²) in [5, 5.41) is 0. The largest absolute Gasteiger partial charge is 0.349 e. The van der Waals surface area contributed by atoms with Gasteiger partial charge in [0.15, 0.2) is 0 Å². The monoisotopic (exact) mass is 234 g/mol. The summed E-state index contributed by atoms with van der Waals surface area (Å²) >= 11 is 0. The highest BCUT2D eigenvalue weighted by Crippen LogP contribution is 2.41. The lowest BCUT2D eigenvalue weighted by molar-refractivity contribution is 0.299. The Morgan fingerprint density at radius 1 is 1.24 bits per heavy atom. The Morgan fingerprint density at radius 3 is 2.35 bits per heavy atom. The molecule has 0 aliphatic heterocycles. The number of hydrogen-bond acceptors (Lipinski definition) is 1. The van der Waals surface area contributed by atoms with Gasteiger partial charge < -0.3 is 10.3 Å². The lowest BCUT2D eigenvalue weighted by atomic mass is 9.69. The highest BCUT2D eigenvalue weighted by atomic mass is 15.0. The molecule has 1 saturated carbocycles. The summed E-state index contributed by atoms with van der Waals surface area (Å²) in [4.78, 5) is 0. The van der Waals surface area contributed by atoms with Crippen LogP contribution in [0.3, 0.4) is 0 Å². The van der Waals surface area contributed by atoms with E-state index in [2.05, 4.69) is 31.4 Å². The van der Waals surface area contributed by atoms with Crippen LogP contribution in [-0.2, 0) is 12.0 Å². The molecule has 2 rings (SSSR count). The van der Waals surface area contributed by atoms with Gasteiger partial charge in [0.2, 0.25) is 0 Å². The van der Waals surface area contributed by atoms with Crippen LogP contribution in [0.5, 0.6) is 0 Å². The van der Waals surface area contributed by atoms with E-state index in [1.54, 1.807) is 0 Å². The van der Waals surface area contributed by atoms with Gasteiger partial charge in [0.1, 0.15) is 0 Å². The van der Waals surface area contributed by atoms with Gasteiger partial charge in [-0.05, 0) is 45.2 Å². The van der Waals surface area contributed by atoms with Gasteiger partial charge in [-0.3, -0.25) is 0 Å². The normalized spacial score (nSPS) is 19.5. The molecule has 2 heteroatoms. The van der Waals surface area contributed by atoms with E-state index in [0.29, 0.717) is 0 Å². The minimum Gasteiger partial charge on any atom is -0.349 e. The Bertz CT molecular complexity index is 384. The predicted molar refractivity (Wildman–Crippen MR) is 73.4 cm³/mol. The van der Waals surface area contributed by atoms with Crippen molar-refractivity contribution in [1.82, 2.24) is 4.57 Å². The highest BCUT2D eigenvalue weighted by molar-refractivity contribution is 5.35. The number of nitrogens with zero attached hydrogens (tertiary/aromatic N) is 1. The first-order valence-corrected chi connectivity index (χ1v) is 7.02. The molecule has 1 aromatic heterocycles. The van der Waals surface area contributed by atoms with Gasteiger partial charge in [-0.1, -0.05) is 19.3 Å². The molecule has 0 bridgehead atoms. The number of aryl methyl sites for hydroxylation is 1. The SMILES string of the molecule is CCn1c(C)cc(C2(CN)CCCCC2)c1C. The molecule has 0 spiro atoms. The first kappa shape index (κ1) is 12.7. The smallest absolute Gasteiger partial charge is 0.0196 e. The van der Waals surface area contributed by atoms with Gasteiger partial charge in [-0.2, -0.15) is 0 Å². The molecule has 2 N–H and O–H groups in total. The van der Waals surface area contributed by atoms with Crippen molar-refractivity contribution >= 4 is 0 Å². The second-order valence-electron chi connectivity index (χ2n) is 5.57. The average Bonchev–Trinajstić information content (AvgIpc) is 2.65. The molecule has 1 aliphatic carbocycles. The Morgan fingerprint density at radius 2 is 1.88 bits per heavy atom. The third-order valence-corrected chi connectivity index (χ3v) is 4.66. The minimum atomic E-state index is 0.271. The van der Waals surface area contributed by atoms with Crippen LogP contribution in [0.2, 0.25) is 0 Å². The Hall–Kier alpha value is -0.760. The van der Waals surface area contributed by atoms with Crippen LogP contribution in [0.25, 0.3) is 0 Å². The number of nitrogens with two attached hydrogens (primary N) is 1. The van der Waals surface area contributed by atoms with Crippen LogP contribution < -0.4 is 5.73 Å². The molecule has 2 nitrogen and oxygen atoms in total. The lowest BCUT2D eigenvalue weighted by Gasteiger charge is -2.36. The molecule has 96 valence electrons. The summed E-state index contributed by atoms with van der Waals surface area (Å²) < 4.78 is 2.42. The Kier molecular flexibility index (Phi) is 3.62. The molecule has 0 unspecified atom stereocenters. The third-order valence-electron chi connectivity index (χ3n) is 4.66. The summed E-state index contributed by atoms with van der Waals surface area (Å²) in [6.45, 7) is 8.57. The molecule has 0 saturated heterocycles. The van der Waals surface area contributed by atoms with E-state index >= 15 is 0 Å². The second kappa shape index (κ2) is 4.85. The molecule has 17 heavy (non-hydrogen) atoms. The van der Waals surface area contributed by atoms with E-state index in [-0.39, 0.29) is 5.41 Å². The van der Waals surface area contributed by atoms with Crippen LogP contribution in [0.4, 0.5) is 0 Å². The van der Waals surface area contributed by atoms with Gasteiger partial charge in [0.05, 0.1) is 0 Å². The molecular weight excluding hydrogens is 208 g/mol. The summed E-state index contributed by atoms with van der Waals surface area (Å²) in [5.41, 5.74) is 10.8. The maximum absolute atomic E-state index is 6.13. The Balaban J connectivity index is 2.43. The van der Waals surface area contributed by atoms with Gasteiger partial charge in [-0.15, -0.1) is 0 Å². The molecule has 1 aromatic rings. The summed E-state index contributed by atoms with van der Waals surface area (Å²) in [6.07, 6.45) is 6.61. The molecule has 1 heterocycles. The maximum Gasteiger partial charge on any atom is 0.0196 e. The van der Waals surface area contributed by atoms with E-state index in [9.17, 15) is 0 Å². The quantitative estimate of drug-likeness (QED) is 0.855. The fraction of sp³-hybridized carbons (Fsp3) is 0.733. The number of aromatic nitrogens is 1. The van der Waals surface area contributed by atoms with Gasteiger partial charge in [0, 0.05) is 29.9 Å². The van der Waals surface area contributed by atoms with Crippen molar-refractivity contribution in [1.29, 1.82) is 0 Å². The summed E-state index contributed by atoms with van der Waals surface area (Å²) in [6, 6.07) is 2.39. The van der Waals surface area contributed by atoms with Crippen LogP contribution in [-0.4, -0.2) is 11.1 Å². The Labute approximate surface area is 105 Å². The zero-order valence-electron chi connectivity index (χ0n) is 11.6. The van der Waals surface area contributed by atoms with Crippen molar-refractivity contribution < 1.29 is 0 Å². The van der Waals surface area contributed by atoms with Crippen molar-refractivity contribution in [2.45, 2.75) is 64.8 Å². The molecule has 1 fully saturated rings. The zero-order valence-corrected chi connectivity index (χ0v) is 11.6. The van der Waals surface area contributed by atoms with Crippen LogP contribution in [0.15, 0.2) is 6.07 Å². The van der Waals surface area contributed by atoms with Crippen molar-refractivity contribution in [3.63, 3.8) is 0 Å². The predicted octanol–water partition coefficient (Wildman–Crippen LogP) is 3.29. The maximum atomic E-state index is 6.13. The van der Waals surface area contributed by atoms with Crippen molar-refractivity contribution in [3.8, 4) is 0 Å². The molecule has 0 radical (unpaired) electrons. The highest BCUT2D eigenvalue weighted by Gasteiger charge is 2.35. The second-order valence-corrected chi connectivity index (χ2v) is 5.57. The standard InChI is InChI=1S/C15H26N2/c1-4-17-12(2)10-14(13(17)3)15(11-16)8-6-5-7-9-15/h10H,4-9,11,16H2,1-3H3. The number of hydrogen-bond donors (Lipinski definition) is 1. The zero-order chi connectivity index (χ0) is 12.5. The third kappa shape index (κ3) is 2.03. The van der Waals surface area contributed by atoms with Crippen LogP contribution >= 0.6 is 0 Å². The molecule has 0 atom stereocenters. The van der Waals surface area contributed by atoms with Gasteiger partial charge in [0.25, 0.3) is 0 Å². The van der Waals surface area contributed by atoms with Gasteiger partial charge >= 0.3 is 0 Å². The topological polar surface area (TPSA) is 30.9 Å². The fourth-order valence-electron chi connectivity index (χ4n) is 3.64. The fourth-order valence-corrected chi connectivity index (χ4v) is 3.64. The molecule has 0 aromatic carbocycles. The van der Waals surface area contributed by atoms with E-state index in [1.165, 1.54) is 49.1 Å². The lowest BCUT2D eigenvalue weighted by Crippen LogP contribution is -2.37. The summed E-state index contributed by atoms with van der Waals surface area (Å²) in [5.74, 6) is 0. The van der Waals surface area contributed by atoms with Crippen molar-refractivity contribution in [3.05, 3.63) is 23.0 Å². The summed E-state index contributed by atoms with van der Waals surface area (Å²) in [7, 11) is 0. The van der Waals surface area contributed by atoms with E-state index in [0.717, 1.165) is 13.1 Å². The van der Waals surface area contributed by atoms with Crippen LogP contribution in [0.1, 0.15) is 56.0 Å². The number of rotatable bonds is 3. The van der Waals surface area contributed by atoms with Gasteiger partial charge in [-0.25, -0.2) is 0 Å². The molecule has 1 aliphatic rings. The average molecular weight is 234 g/mol. The van der Waals surface area contributed by atoms with E-state index in [4.69, 9.17) is 5.73 Å². The minimum absolute atomic E-state index is 0.271. The first-order chi connectivity index (χ1) is 8.14. The van der Waals surface area contributed by atoms with Crippen LogP contribution in [0, 0.1) is 13.8 Å².